The maximum Gasteiger partial charge on any atom is 0.231 e. The van der Waals surface area contributed by atoms with E-state index in [-0.39, 0.29) is 0 Å². The Morgan fingerprint density at radius 2 is 2.05 bits per heavy atom. The largest absolute Gasteiger partial charge is 0.378 e. The van der Waals surface area contributed by atoms with Gasteiger partial charge in [-0.05, 0) is 23.8 Å². The van der Waals surface area contributed by atoms with Crippen molar-refractivity contribution >= 4 is 28.4 Å². The molecule has 0 aliphatic rings. The highest BCUT2D eigenvalue weighted by Gasteiger charge is 2.03. The average molecular weight is 312 g/mol. The van der Waals surface area contributed by atoms with Gasteiger partial charge in [-0.1, -0.05) is 23.5 Å². The molecule has 2 aromatic heterocycles. The number of anilines is 1. The van der Waals surface area contributed by atoms with E-state index in [9.17, 15) is 0 Å². The van der Waals surface area contributed by atoms with Crippen molar-refractivity contribution in [1.82, 2.24) is 20.0 Å². The standard InChI is InChI=1S/C15H16N6S/c1-20(2)13-6-4-12(5-7-13)10-16-15-19-18-14(22-15)11-21-9-3-8-17-21/h3-10H,11H2,1-2H3/b16-10+. The predicted octanol–water partition coefficient (Wildman–Crippen LogP) is 2.60. The van der Waals surface area contributed by atoms with E-state index < -0.39 is 0 Å². The van der Waals surface area contributed by atoms with Crippen LogP contribution in [-0.2, 0) is 6.54 Å². The van der Waals surface area contributed by atoms with Gasteiger partial charge < -0.3 is 4.90 Å². The lowest BCUT2D eigenvalue weighted by Crippen LogP contribution is -2.08. The molecule has 0 N–H and O–H groups in total. The van der Waals surface area contributed by atoms with E-state index in [0.29, 0.717) is 11.7 Å². The quantitative estimate of drug-likeness (QED) is 0.680. The highest BCUT2D eigenvalue weighted by Crippen LogP contribution is 2.19. The van der Waals surface area contributed by atoms with Gasteiger partial charge in [0, 0.05) is 38.4 Å². The fraction of sp³-hybridized carbons (Fsp3) is 0.200. The lowest BCUT2D eigenvalue weighted by atomic mass is 10.2. The summed E-state index contributed by atoms with van der Waals surface area (Å²) in [5.74, 6) is 0. The number of aromatic nitrogens is 4. The molecule has 0 aliphatic carbocycles. The summed E-state index contributed by atoms with van der Waals surface area (Å²) >= 11 is 1.47. The first-order valence-corrected chi connectivity index (χ1v) is 7.63. The Labute approximate surface area is 132 Å². The predicted molar refractivity (Wildman–Crippen MR) is 89.3 cm³/mol. The zero-order chi connectivity index (χ0) is 15.4. The maximum absolute atomic E-state index is 4.38. The van der Waals surface area contributed by atoms with Gasteiger partial charge in [-0.2, -0.15) is 5.10 Å². The molecule has 0 amide bonds. The Morgan fingerprint density at radius 1 is 1.23 bits per heavy atom. The fourth-order valence-corrected chi connectivity index (χ4v) is 2.56. The lowest BCUT2D eigenvalue weighted by Gasteiger charge is -2.11. The number of rotatable bonds is 5. The molecule has 2 heterocycles. The molecule has 6 nitrogen and oxygen atoms in total. The van der Waals surface area contributed by atoms with Crippen molar-refractivity contribution in [3.8, 4) is 0 Å². The van der Waals surface area contributed by atoms with Crippen LogP contribution < -0.4 is 4.90 Å². The Balaban J connectivity index is 1.66. The van der Waals surface area contributed by atoms with E-state index in [1.807, 2.05) is 43.2 Å². The van der Waals surface area contributed by atoms with Crippen molar-refractivity contribution in [2.75, 3.05) is 19.0 Å². The summed E-state index contributed by atoms with van der Waals surface area (Å²) in [6.07, 6.45) is 5.45. The van der Waals surface area contributed by atoms with Gasteiger partial charge >= 0.3 is 0 Å². The molecule has 3 aromatic rings. The van der Waals surface area contributed by atoms with Gasteiger partial charge in [0.15, 0.2) is 0 Å². The Bertz CT molecular complexity index is 743. The van der Waals surface area contributed by atoms with Gasteiger partial charge in [0.2, 0.25) is 5.13 Å². The molecule has 7 heteroatoms. The van der Waals surface area contributed by atoms with Crippen LogP contribution >= 0.6 is 11.3 Å². The molecular weight excluding hydrogens is 296 g/mol. The highest BCUT2D eigenvalue weighted by molar-refractivity contribution is 7.14. The summed E-state index contributed by atoms with van der Waals surface area (Å²) in [6.45, 7) is 0.623. The maximum atomic E-state index is 4.38. The minimum absolute atomic E-state index is 0.623. The number of hydrogen-bond acceptors (Lipinski definition) is 6. The molecule has 0 radical (unpaired) electrons. The number of nitrogens with zero attached hydrogens (tertiary/aromatic N) is 6. The minimum Gasteiger partial charge on any atom is -0.378 e. The normalized spacial score (nSPS) is 11.2. The number of hydrogen-bond donors (Lipinski definition) is 0. The third kappa shape index (κ3) is 3.56. The van der Waals surface area contributed by atoms with Crippen molar-refractivity contribution in [2.24, 2.45) is 4.99 Å². The summed E-state index contributed by atoms with van der Waals surface area (Å²) < 4.78 is 1.81. The summed E-state index contributed by atoms with van der Waals surface area (Å²) in [4.78, 5) is 6.44. The second kappa shape index (κ2) is 6.48. The van der Waals surface area contributed by atoms with Crippen LogP contribution in [0.1, 0.15) is 10.6 Å². The third-order valence-electron chi connectivity index (χ3n) is 3.05. The Hall–Kier alpha value is -2.54. The van der Waals surface area contributed by atoms with Gasteiger partial charge in [0.1, 0.15) is 5.01 Å². The second-order valence-corrected chi connectivity index (χ2v) is 5.97. The van der Waals surface area contributed by atoms with Gasteiger partial charge in [-0.3, -0.25) is 4.68 Å². The van der Waals surface area contributed by atoms with Crippen LogP contribution in [-0.4, -0.2) is 40.3 Å². The number of aliphatic imine (C=N–C) groups is 1. The van der Waals surface area contributed by atoms with E-state index >= 15 is 0 Å². The topological polar surface area (TPSA) is 59.2 Å². The summed E-state index contributed by atoms with van der Waals surface area (Å²) in [5, 5.41) is 13.9. The van der Waals surface area contributed by atoms with Crippen LogP contribution in [0.25, 0.3) is 0 Å². The molecule has 0 saturated heterocycles. The molecule has 1 aromatic carbocycles. The molecule has 0 fully saturated rings. The van der Waals surface area contributed by atoms with Crippen LogP contribution in [0, 0.1) is 0 Å². The Morgan fingerprint density at radius 3 is 2.73 bits per heavy atom. The smallest absolute Gasteiger partial charge is 0.231 e. The molecular formula is C15H16N6S. The zero-order valence-corrected chi connectivity index (χ0v) is 13.2. The van der Waals surface area contributed by atoms with Crippen LogP contribution in [0.4, 0.5) is 10.8 Å². The second-order valence-electron chi connectivity index (χ2n) is 4.93. The molecule has 0 atom stereocenters. The lowest BCUT2D eigenvalue weighted by molar-refractivity contribution is 0.677. The molecule has 0 saturated carbocycles. The Kier molecular flexibility index (Phi) is 4.24. The van der Waals surface area contributed by atoms with Crippen LogP contribution in [0.5, 0.6) is 0 Å². The van der Waals surface area contributed by atoms with Crippen molar-refractivity contribution in [3.05, 3.63) is 53.3 Å². The van der Waals surface area contributed by atoms with E-state index in [2.05, 4.69) is 37.3 Å². The third-order valence-corrected chi connectivity index (χ3v) is 3.86. The van der Waals surface area contributed by atoms with Gasteiger partial charge in [-0.15, -0.1) is 10.2 Å². The summed E-state index contributed by atoms with van der Waals surface area (Å²) in [6, 6.07) is 10.1. The SMILES string of the molecule is CN(C)c1ccc(/C=N/c2nnc(Cn3cccn3)s2)cc1. The molecule has 0 spiro atoms. The molecule has 0 unspecified atom stereocenters. The first-order chi connectivity index (χ1) is 10.7. The highest BCUT2D eigenvalue weighted by atomic mass is 32.1. The van der Waals surface area contributed by atoms with Crippen molar-refractivity contribution < 1.29 is 0 Å². The molecule has 0 bridgehead atoms. The van der Waals surface area contributed by atoms with Gasteiger partial charge in [0.05, 0.1) is 6.54 Å². The monoisotopic (exact) mass is 312 g/mol. The fourth-order valence-electron chi connectivity index (χ4n) is 1.88. The van der Waals surface area contributed by atoms with Gasteiger partial charge in [-0.25, -0.2) is 4.99 Å². The zero-order valence-electron chi connectivity index (χ0n) is 12.4. The molecule has 3 rings (SSSR count). The molecule has 0 aliphatic heterocycles. The average Bonchev–Trinajstić information content (AvgIpc) is 3.18. The molecule has 22 heavy (non-hydrogen) atoms. The minimum atomic E-state index is 0.623. The van der Waals surface area contributed by atoms with E-state index in [4.69, 9.17) is 0 Å². The molecule has 112 valence electrons. The number of benzene rings is 1. The van der Waals surface area contributed by atoms with E-state index in [1.54, 1.807) is 12.4 Å². The van der Waals surface area contributed by atoms with Gasteiger partial charge in [0.25, 0.3) is 0 Å². The van der Waals surface area contributed by atoms with Crippen molar-refractivity contribution in [2.45, 2.75) is 6.54 Å². The first-order valence-electron chi connectivity index (χ1n) is 6.82. The summed E-state index contributed by atoms with van der Waals surface area (Å²) in [5.41, 5.74) is 2.20. The first kappa shape index (κ1) is 14.4. The van der Waals surface area contributed by atoms with Crippen LogP contribution in [0.3, 0.4) is 0 Å². The summed E-state index contributed by atoms with van der Waals surface area (Å²) in [7, 11) is 4.04. The van der Waals surface area contributed by atoms with Crippen molar-refractivity contribution in [3.63, 3.8) is 0 Å². The van der Waals surface area contributed by atoms with Crippen molar-refractivity contribution in [1.29, 1.82) is 0 Å². The van der Waals surface area contributed by atoms with Crippen LogP contribution in [0.15, 0.2) is 47.7 Å². The van der Waals surface area contributed by atoms with E-state index in [0.717, 1.165) is 16.3 Å². The van der Waals surface area contributed by atoms with E-state index in [1.165, 1.54) is 11.3 Å². The van der Waals surface area contributed by atoms with Crippen LogP contribution in [0.2, 0.25) is 0 Å².